The number of carbonyl (C=O) groups excluding carboxylic acids is 1. The molecule has 0 aromatic rings. The maximum atomic E-state index is 9.82. The highest BCUT2D eigenvalue weighted by atomic mass is 16.5. The van der Waals surface area contributed by atoms with E-state index < -0.39 is 6.10 Å². The third-order valence-electron chi connectivity index (χ3n) is 0.688. The van der Waals surface area contributed by atoms with Gasteiger partial charge in [0.25, 0.3) is 0 Å². The lowest BCUT2D eigenvalue weighted by atomic mass is 10.4. The third-order valence-corrected chi connectivity index (χ3v) is 0.688. The van der Waals surface area contributed by atoms with Crippen molar-refractivity contribution in [3.8, 4) is 0 Å². The van der Waals surface area contributed by atoms with Crippen molar-refractivity contribution in [2.24, 2.45) is 0 Å². The molecule has 0 bridgehead atoms. The van der Waals surface area contributed by atoms with Gasteiger partial charge in [-0.3, -0.25) is 0 Å². The smallest absolute Gasteiger partial charge is 0.148 e. The van der Waals surface area contributed by atoms with Crippen LogP contribution in [0.1, 0.15) is 13.3 Å². The molecule has 0 fully saturated rings. The van der Waals surface area contributed by atoms with Gasteiger partial charge < -0.3 is 9.53 Å². The third kappa shape index (κ3) is 3.81. The van der Waals surface area contributed by atoms with Crippen molar-refractivity contribution in [1.82, 2.24) is 0 Å². The highest BCUT2D eigenvalue weighted by molar-refractivity contribution is 5.56. The van der Waals surface area contributed by atoms with Crippen LogP contribution in [0.3, 0.4) is 0 Å². The van der Waals surface area contributed by atoms with Gasteiger partial charge >= 0.3 is 0 Å². The van der Waals surface area contributed by atoms with Crippen molar-refractivity contribution >= 4 is 6.29 Å². The fraction of sp³-hybridized carbons (Fsp3) is 0.667. The molecule has 1 atom stereocenters. The lowest BCUT2D eigenvalue weighted by molar-refractivity contribution is -0.115. The van der Waals surface area contributed by atoms with Gasteiger partial charge in [-0.25, -0.2) is 0 Å². The molecular weight excluding hydrogens is 104 g/mol. The Hall–Kier alpha value is -0.370. The first-order valence-corrected chi connectivity index (χ1v) is 2.71. The van der Waals surface area contributed by atoms with Crippen molar-refractivity contribution in [2.75, 3.05) is 6.61 Å². The van der Waals surface area contributed by atoms with E-state index in [9.17, 15) is 4.79 Å². The van der Waals surface area contributed by atoms with Gasteiger partial charge in [-0.05, 0) is 13.3 Å². The summed E-state index contributed by atoms with van der Waals surface area (Å²) >= 11 is 0. The van der Waals surface area contributed by atoms with Crippen molar-refractivity contribution in [1.29, 1.82) is 0 Å². The fourth-order valence-corrected chi connectivity index (χ4v) is 0.309. The highest BCUT2D eigenvalue weighted by Gasteiger charge is 1.94. The summed E-state index contributed by atoms with van der Waals surface area (Å²) in [6.07, 6.45) is 1.14. The second-order valence-electron chi connectivity index (χ2n) is 1.55. The monoisotopic (exact) mass is 115 g/mol. The number of hydrogen-bond acceptors (Lipinski definition) is 2. The van der Waals surface area contributed by atoms with E-state index in [1.807, 2.05) is 6.92 Å². The Balaban J connectivity index is 2.98. The first-order valence-electron chi connectivity index (χ1n) is 2.71. The van der Waals surface area contributed by atoms with Gasteiger partial charge in [0.1, 0.15) is 12.4 Å². The first-order chi connectivity index (χ1) is 3.81. The summed E-state index contributed by atoms with van der Waals surface area (Å²) in [5, 5.41) is 0. The number of ether oxygens (including phenoxy) is 1. The number of carbonyl (C=O) groups is 1. The van der Waals surface area contributed by atoms with Crippen molar-refractivity contribution < 1.29 is 9.53 Å². The average Bonchev–Trinajstić information content (AvgIpc) is 1.83. The van der Waals surface area contributed by atoms with Crippen LogP contribution in [0.4, 0.5) is 0 Å². The van der Waals surface area contributed by atoms with Crippen LogP contribution < -0.4 is 0 Å². The van der Waals surface area contributed by atoms with Gasteiger partial charge in [-0.2, -0.15) is 0 Å². The van der Waals surface area contributed by atoms with Crippen LogP contribution in [0.5, 0.6) is 0 Å². The van der Waals surface area contributed by atoms with Crippen LogP contribution in [0, 0.1) is 6.92 Å². The predicted octanol–water partition coefficient (Wildman–Crippen LogP) is 0.815. The van der Waals surface area contributed by atoms with E-state index in [2.05, 4.69) is 6.92 Å². The van der Waals surface area contributed by atoms with Crippen LogP contribution in [0.2, 0.25) is 0 Å². The van der Waals surface area contributed by atoms with E-state index in [1.54, 1.807) is 0 Å². The Bertz CT molecular complexity index is 61.5. The Labute approximate surface area is 49.8 Å². The Morgan fingerprint density at radius 2 is 2.50 bits per heavy atom. The van der Waals surface area contributed by atoms with Crippen LogP contribution in [0.15, 0.2) is 0 Å². The molecule has 0 saturated carbocycles. The molecule has 0 heterocycles. The normalized spacial score (nSPS) is 13.2. The zero-order valence-corrected chi connectivity index (χ0v) is 5.09. The van der Waals surface area contributed by atoms with Gasteiger partial charge in [-0.15, -0.1) is 0 Å². The van der Waals surface area contributed by atoms with E-state index >= 15 is 0 Å². The van der Waals surface area contributed by atoms with E-state index in [4.69, 9.17) is 4.74 Å². The molecular formula is C6H11O2. The second kappa shape index (κ2) is 4.78. The Kier molecular flexibility index (Phi) is 4.56. The average molecular weight is 115 g/mol. The quantitative estimate of drug-likeness (QED) is 0.507. The lowest BCUT2D eigenvalue weighted by Crippen LogP contribution is -2.09. The molecule has 1 unspecified atom stereocenters. The van der Waals surface area contributed by atoms with E-state index in [1.165, 1.54) is 0 Å². The molecule has 0 aliphatic rings. The predicted molar refractivity (Wildman–Crippen MR) is 31.5 cm³/mol. The Morgan fingerprint density at radius 1 is 1.88 bits per heavy atom. The summed E-state index contributed by atoms with van der Waals surface area (Å²) in [4.78, 5) is 9.82. The molecule has 0 aliphatic heterocycles. The summed E-state index contributed by atoms with van der Waals surface area (Å²) in [5.41, 5.74) is 0. The SMILES string of the molecule is [CH2]C(C=O)OCCC. The maximum absolute atomic E-state index is 9.82. The first kappa shape index (κ1) is 7.63. The van der Waals surface area contributed by atoms with Crippen LogP contribution >= 0.6 is 0 Å². The molecule has 8 heavy (non-hydrogen) atoms. The molecule has 0 aromatic heterocycles. The number of hydrogen-bond donors (Lipinski definition) is 0. The van der Waals surface area contributed by atoms with Crippen molar-refractivity contribution in [3.63, 3.8) is 0 Å². The second-order valence-corrected chi connectivity index (χ2v) is 1.55. The molecule has 2 heteroatoms. The zero-order chi connectivity index (χ0) is 6.41. The molecule has 47 valence electrons. The molecule has 0 spiro atoms. The van der Waals surface area contributed by atoms with Crippen LogP contribution in [-0.2, 0) is 9.53 Å². The molecule has 0 amide bonds. The minimum absolute atomic E-state index is 0.477. The highest BCUT2D eigenvalue weighted by Crippen LogP contribution is 1.85. The van der Waals surface area contributed by atoms with Crippen LogP contribution in [-0.4, -0.2) is 19.0 Å². The molecule has 0 aliphatic carbocycles. The topological polar surface area (TPSA) is 26.3 Å². The minimum atomic E-state index is -0.477. The summed E-state index contributed by atoms with van der Waals surface area (Å²) in [6.45, 7) is 6.01. The Morgan fingerprint density at radius 3 is 2.88 bits per heavy atom. The van der Waals surface area contributed by atoms with E-state index in [-0.39, 0.29) is 0 Å². The molecule has 1 radical (unpaired) electrons. The molecule has 0 aromatic carbocycles. The van der Waals surface area contributed by atoms with E-state index in [0.717, 1.165) is 6.42 Å². The summed E-state index contributed by atoms with van der Waals surface area (Å²) in [7, 11) is 0. The summed E-state index contributed by atoms with van der Waals surface area (Å²) < 4.78 is 4.86. The maximum Gasteiger partial charge on any atom is 0.148 e. The molecule has 0 rings (SSSR count). The van der Waals surface area contributed by atoms with Gasteiger partial charge in [0.2, 0.25) is 0 Å². The van der Waals surface area contributed by atoms with Crippen LogP contribution in [0.25, 0.3) is 0 Å². The van der Waals surface area contributed by atoms with Crippen molar-refractivity contribution in [2.45, 2.75) is 19.4 Å². The molecule has 2 nitrogen and oxygen atoms in total. The van der Waals surface area contributed by atoms with Gasteiger partial charge in [-0.1, -0.05) is 6.92 Å². The number of aldehydes is 1. The van der Waals surface area contributed by atoms with Gasteiger partial charge in [0.15, 0.2) is 0 Å². The standard InChI is InChI=1S/C6H11O2/c1-3-4-8-6(2)5-7/h5-6H,2-4H2,1H3. The molecule has 0 saturated heterocycles. The fourth-order valence-electron chi connectivity index (χ4n) is 0.309. The van der Waals surface area contributed by atoms with Crippen molar-refractivity contribution in [3.05, 3.63) is 6.92 Å². The van der Waals surface area contributed by atoms with Gasteiger partial charge in [0.05, 0.1) is 0 Å². The largest absolute Gasteiger partial charge is 0.371 e. The van der Waals surface area contributed by atoms with E-state index in [0.29, 0.717) is 12.9 Å². The zero-order valence-electron chi connectivity index (χ0n) is 5.09. The van der Waals surface area contributed by atoms with Gasteiger partial charge in [0, 0.05) is 6.61 Å². The lowest BCUT2D eigenvalue weighted by Gasteiger charge is -2.01. The summed E-state index contributed by atoms with van der Waals surface area (Å²) in [5.74, 6) is 0. The minimum Gasteiger partial charge on any atom is -0.371 e. The summed E-state index contributed by atoms with van der Waals surface area (Å²) in [6, 6.07) is 0. The molecule has 0 N–H and O–H groups in total. The number of rotatable bonds is 4.